The summed E-state index contributed by atoms with van der Waals surface area (Å²) in [5.41, 5.74) is 1.19. The lowest BCUT2D eigenvalue weighted by atomic mass is 9.97. The van der Waals surface area contributed by atoms with Crippen LogP contribution < -0.4 is 4.74 Å². The number of benzene rings is 1. The van der Waals surface area contributed by atoms with Crippen molar-refractivity contribution in [3.63, 3.8) is 0 Å². The smallest absolute Gasteiger partial charge is 0.123 e. The van der Waals surface area contributed by atoms with Gasteiger partial charge < -0.3 is 4.74 Å². The number of para-hydroxylation sites is 1. The van der Waals surface area contributed by atoms with Crippen LogP contribution in [0.5, 0.6) is 5.75 Å². The second-order valence-corrected chi connectivity index (χ2v) is 5.06. The largest absolute Gasteiger partial charge is 0.488 e. The lowest BCUT2D eigenvalue weighted by molar-refractivity contribution is 0.129. The standard InChI is InChI=1S/C14H22O/c1-6-11(2)12-9-7-8-10-13(12)15-14(3,4)5/h7-11H,6H2,1-5H3. The third-order valence-electron chi connectivity index (χ3n) is 2.48. The van der Waals surface area contributed by atoms with Crippen molar-refractivity contribution < 1.29 is 4.74 Å². The molecule has 84 valence electrons. The molecule has 1 aromatic carbocycles. The van der Waals surface area contributed by atoms with Crippen LogP contribution in [0.3, 0.4) is 0 Å². The van der Waals surface area contributed by atoms with Crippen molar-refractivity contribution >= 4 is 0 Å². The molecule has 0 amide bonds. The maximum absolute atomic E-state index is 5.96. The van der Waals surface area contributed by atoms with Crippen LogP contribution in [0, 0.1) is 0 Å². The summed E-state index contributed by atoms with van der Waals surface area (Å²) in [5.74, 6) is 1.59. The fourth-order valence-electron chi connectivity index (χ4n) is 1.53. The first-order chi connectivity index (χ1) is 6.94. The van der Waals surface area contributed by atoms with Crippen molar-refractivity contribution in [3.8, 4) is 5.75 Å². The molecular weight excluding hydrogens is 184 g/mol. The summed E-state index contributed by atoms with van der Waals surface area (Å²) in [6.45, 7) is 10.7. The predicted octanol–water partition coefficient (Wildman–Crippen LogP) is 4.38. The fraction of sp³-hybridized carbons (Fsp3) is 0.571. The molecule has 1 unspecified atom stereocenters. The molecule has 15 heavy (non-hydrogen) atoms. The quantitative estimate of drug-likeness (QED) is 0.713. The molecule has 0 aliphatic rings. The van der Waals surface area contributed by atoms with E-state index in [0.29, 0.717) is 5.92 Å². The molecule has 0 spiro atoms. The average molecular weight is 206 g/mol. The molecule has 0 saturated carbocycles. The monoisotopic (exact) mass is 206 g/mol. The van der Waals surface area contributed by atoms with Crippen LogP contribution in [-0.2, 0) is 0 Å². The summed E-state index contributed by atoms with van der Waals surface area (Å²) in [6, 6.07) is 8.34. The van der Waals surface area contributed by atoms with Crippen LogP contribution in [0.1, 0.15) is 52.5 Å². The van der Waals surface area contributed by atoms with E-state index in [1.165, 1.54) is 5.56 Å². The van der Waals surface area contributed by atoms with Crippen LogP contribution in [0.25, 0.3) is 0 Å². The van der Waals surface area contributed by atoms with Gasteiger partial charge in [-0.25, -0.2) is 0 Å². The second-order valence-electron chi connectivity index (χ2n) is 5.06. The fourth-order valence-corrected chi connectivity index (χ4v) is 1.53. The van der Waals surface area contributed by atoms with Crippen molar-refractivity contribution in [3.05, 3.63) is 29.8 Å². The molecule has 1 atom stereocenters. The van der Waals surface area contributed by atoms with Crippen molar-refractivity contribution in [1.29, 1.82) is 0 Å². The van der Waals surface area contributed by atoms with Gasteiger partial charge in [-0.05, 0) is 44.7 Å². The lowest BCUT2D eigenvalue weighted by Crippen LogP contribution is -2.23. The Hall–Kier alpha value is -0.980. The Balaban J connectivity index is 2.96. The van der Waals surface area contributed by atoms with Gasteiger partial charge in [0, 0.05) is 0 Å². The number of ether oxygens (including phenoxy) is 1. The highest BCUT2D eigenvalue weighted by Crippen LogP contribution is 2.30. The summed E-state index contributed by atoms with van der Waals surface area (Å²) in [5, 5.41) is 0. The molecule has 1 aromatic rings. The van der Waals surface area contributed by atoms with E-state index in [4.69, 9.17) is 4.74 Å². The molecule has 1 rings (SSSR count). The van der Waals surface area contributed by atoms with Gasteiger partial charge in [-0.1, -0.05) is 32.0 Å². The second kappa shape index (κ2) is 4.69. The molecule has 0 aliphatic carbocycles. The van der Waals surface area contributed by atoms with E-state index in [9.17, 15) is 0 Å². The minimum Gasteiger partial charge on any atom is -0.488 e. The summed E-state index contributed by atoms with van der Waals surface area (Å²) < 4.78 is 5.96. The van der Waals surface area contributed by atoms with E-state index in [1.54, 1.807) is 0 Å². The van der Waals surface area contributed by atoms with Crippen LogP contribution >= 0.6 is 0 Å². The molecule has 0 bridgehead atoms. The Bertz CT molecular complexity index is 309. The molecule has 1 nitrogen and oxygen atoms in total. The van der Waals surface area contributed by atoms with Gasteiger partial charge in [0.15, 0.2) is 0 Å². The third-order valence-corrected chi connectivity index (χ3v) is 2.48. The van der Waals surface area contributed by atoms with Gasteiger partial charge in [-0.15, -0.1) is 0 Å². The third kappa shape index (κ3) is 3.58. The zero-order chi connectivity index (χ0) is 11.5. The normalized spacial score (nSPS) is 13.7. The van der Waals surface area contributed by atoms with E-state index in [1.807, 2.05) is 6.07 Å². The summed E-state index contributed by atoms with van der Waals surface area (Å²) in [7, 11) is 0. The molecule has 0 saturated heterocycles. The molecule has 1 heteroatoms. The summed E-state index contributed by atoms with van der Waals surface area (Å²) >= 11 is 0. The first-order valence-electron chi connectivity index (χ1n) is 5.72. The van der Waals surface area contributed by atoms with Crippen molar-refractivity contribution in [2.45, 2.75) is 52.6 Å². The average Bonchev–Trinajstić information content (AvgIpc) is 2.15. The Labute approximate surface area is 93.5 Å². The Kier molecular flexibility index (Phi) is 3.78. The van der Waals surface area contributed by atoms with Gasteiger partial charge in [0.05, 0.1) is 0 Å². The first-order valence-corrected chi connectivity index (χ1v) is 5.72. The SMILES string of the molecule is CCC(C)c1ccccc1OC(C)(C)C. The predicted molar refractivity (Wildman–Crippen MR) is 65.5 cm³/mol. The van der Waals surface area contributed by atoms with Crippen molar-refractivity contribution in [1.82, 2.24) is 0 Å². The van der Waals surface area contributed by atoms with Gasteiger partial charge in [0.2, 0.25) is 0 Å². The van der Waals surface area contributed by atoms with E-state index in [0.717, 1.165) is 12.2 Å². The Morgan fingerprint density at radius 1 is 1.20 bits per heavy atom. The Morgan fingerprint density at radius 2 is 1.80 bits per heavy atom. The summed E-state index contributed by atoms with van der Waals surface area (Å²) in [4.78, 5) is 0. The molecule has 0 fully saturated rings. The van der Waals surface area contributed by atoms with Crippen molar-refractivity contribution in [2.24, 2.45) is 0 Å². The van der Waals surface area contributed by atoms with Gasteiger partial charge in [0.25, 0.3) is 0 Å². The first kappa shape index (κ1) is 12.1. The maximum Gasteiger partial charge on any atom is 0.123 e. The minimum absolute atomic E-state index is 0.121. The van der Waals surface area contributed by atoms with E-state index >= 15 is 0 Å². The zero-order valence-electron chi connectivity index (χ0n) is 10.5. The van der Waals surface area contributed by atoms with Crippen LogP contribution in [0.15, 0.2) is 24.3 Å². The molecular formula is C14H22O. The molecule has 0 N–H and O–H groups in total. The molecule has 0 heterocycles. The lowest BCUT2D eigenvalue weighted by Gasteiger charge is -2.24. The number of hydrogen-bond acceptors (Lipinski definition) is 1. The van der Waals surface area contributed by atoms with E-state index in [2.05, 4.69) is 52.8 Å². The van der Waals surface area contributed by atoms with E-state index in [-0.39, 0.29) is 5.60 Å². The Morgan fingerprint density at radius 3 is 2.33 bits per heavy atom. The highest BCUT2D eigenvalue weighted by atomic mass is 16.5. The minimum atomic E-state index is -0.121. The van der Waals surface area contributed by atoms with Crippen LogP contribution in [0.4, 0.5) is 0 Å². The van der Waals surface area contributed by atoms with E-state index < -0.39 is 0 Å². The topological polar surface area (TPSA) is 9.23 Å². The highest BCUT2D eigenvalue weighted by Gasteiger charge is 2.16. The maximum atomic E-state index is 5.96. The van der Waals surface area contributed by atoms with Crippen molar-refractivity contribution in [2.75, 3.05) is 0 Å². The van der Waals surface area contributed by atoms with Crippen LogP contribution in [0.2, 0.25) is 0 Å². The molecule has 0 aromatic heterocycles. The van der Waals surface area contributed by atoms with Gasteiger partial charge in [-0.2, -0.15) is 0 Å². The summed E-state index contributed by atoms with van der Waals surface area (Å²) in [6.07, 6.45) is 1.14. The van der Waals surface area contributed by atoms with Gasteiger partial charge in [0.1, 0.15) is 11.4 Å². The van der Waals surface area contributed by atoms with Gasteiger partial charge >= 0.3 is 0 Å². The molecule has 0 radical (unpaired) electrons. The molecule has 0 aliphatic heterocycles. The number of rotatable bonds is 3. The zero-order valence-corrected chi connectivity index (χ0v) is 10.5. The highest BCUT2D eigenvalue weighted by molar-refractivity contribution is 5.36. The number of hydrogen-bond donors (Lipinski definition) is 0. The van der Waals surface area contributed by atoms with Crippen LogP contribution in [-0.4, -0.2) is 5.60 Å². The van der Waals surface area contributed by atoms with Gasteiger partial charge in [-0.3, -0.25) is 0 Å².